The number of nitrogens with zero attached hydrogens (tertiary/aromatic N) is 1. The quantitative estimate of drug-likeness (QED) is 0.691. The van der Waals surface area contributed by atoms with Gasteiger partial charge in [-0.3, -0.25) is 15.1 Å². The van der Waals surface area contributed by atoms with Gasteiger partial charge in [-0.25, -0.2) is 9.59 Å². The van der Waals surface area contributed by atoms with Gasteiger partial charge in [0, 0.05) is 12.7 Å². The molecule has 19 heavy (non-hydrogen) atoms. The summed E-state index contributed by atoms with van der Waals surface area (Å²) >= 11 is 0. The Morgan fingerprint density at radius 2 is 2.11 bits per heavy atom. The van der Waals surface area contributed by atoms with E-state index >= 15 is 0 Å². The number of amides is 3. The van der Waals surface area contributed by atoms with Crippen LogP contribution in [0, 0.1) is 0 Å². The number of hydrogen-bond donors (Lipinski definition) is 3. The van der Waals surface area contributed by atoms with Gasteiger partial charge in [-0.2, -0.15) is 0 Å². The van der Waals surface area contributed by atoms with Crippen LogP contribution in [0.4, 0.5) is 4.79 Å². The number of aromatic nitrogens is 1. The van der Waals surface area contributed by atoms with Crippen molar-refractivity contribution in [1.29, 1.82) is 0 Å². The van der Waals surface area contributed by atoms with Crippen molar-refractivity contribution in [2.75, 3.05) is 13.2 Å². The summed E-state index contributed by atoms with van der Waals surface area (Å²) in [5.41, 5.74) is -0.0540. The predicted molar refractivity (Wildman–Crippen MR) is 63.9 cm³/mol. The molecule has 8 nitrogen and oxygen atoms in total. The van der Waals surface area contributed by atoms with Crippen LogP contribution < -0.4 is 15.4 Å². The van der Waals surface area contributed by atoms with Crippen LogP contribution in [0.15, 0.2) is 18.5 Å². The summed E-state index contributed by atoms with van der Waals surface area (Å²) in [6, 6.07) is 0.614. The van der Waals surface area contributed by atoms with Crippen molar-refractivity contribution in [2.24, 2.45) is 0 Å². The lowest BCUT2D eigenvalue weighted by Gasteiger charge is -2.07. The molecule has 1 aromatic rings. The highest BCUT2D eigenvalue weighted by Crippen LogP contribution is 2.10. The second-order valence-corrected chi connectivity index (χ2v) is 3.41. The largest absolute Gasteiger partial charge is 0.482 e. The lowest BCUT2D eigenvalue weighted by Crippen LogP contribution is -2.41. The summed E-state index contributed by atoms with van der Waals surface area (Å²) in [5.74, 6) is -1.66. The Morgan fingerprint density at radius 3 is 2.74 bits per heavy atom. The molecule has 0 radical (unpaired) electrons. The molecule has 0 saturated carbocycles. The third-order valence-electron chi connectivity index (χ3n) is 1.92. The van der Waals surface area contributed by atoms with E-state index in [1.807, 2.05) is 5.32 Å². The Balaban J connectivity index is 2.48. The number of pyridine rings is 1. The van der Waals surface area contributed by atoms with E-state index in [2.05, 4.69) is 10.3 Å². The van der Waals surface area contributed by atoms with Gasteiger partial charge in [-0.1, -0.05) is 0 Å². The number of nitrogens with one attached hydrogen (secondary N) is 2. The number of rotatable bonds is 5. The van der Waals surface area contributed by atoms with Crippen molar-refractivity contribution in [1.82, 2.24) is 15.6 Å². The summed E-state index contributed by atoms with van der Waals surface area (Å²) in [4.78, 5) is 36.6. The topological polar surface area (TPSA) is 118 Å². The normalized spacial score (nSPS) is 9.53. The number of hydrogen-bond acceptors (Lipinski definition) is 5. The molecule has 1 rings (SSSR count). The van der Waals surface area contributed by atoms with E-state index in [1.165, 1.54) is 12.3 Å². The molecule has 0 aliphatic heterocycles. The van der Waals surface area contributed by atoms with Gasteiger partial charge in [0.25, 0.3) is 5.91 Å². The molecular formula is C11H13N3O5. The molecule has 0 fully saturated rings. The number of carbonyl (C=O) groups excluding carboxylic acids is 2. The average molecular weight is 267 g/mol. The molecule has 0 spiro atoms. The number of carboxylic acid groups (broad SMARTS) is 1. The van der Waals surface area contributed by atoms with Gasteiger partial charge >= 0.3 is 12.0 Å². The first-order chi connectivity index (χ1) is 9.02. The van der Waals surface area contributed by atoms with Gasteiger partial charge in [0.1, 0.15) is 5.75 Å². The highest BCUT2D eigenvalue weighted by atomic mass is 16.5. The number of aromatic carboxylic acids is 1. The van der Waals surface area contributed by atoms with Gasteiger partial charge in [-0.15, -0.1) is 0 Å². The van der Waals surface area contributed by atoms with Gasteiger partial charge < -0.3 is 15.2 Å². The molecule has 102 valence electrons. The molecule has 1 aromatic heterocycles. The fourth-order valence-electron chi connectivity index (χ4n) is 1.13. The maximum absolute atomic E-state index is 11.3. The van der Waals surface area contributed by atoms with Crippen molar-refractivity contribution in [3.63, 3.8) is 0 Å². The molecule has 3 amide bonds. The molecule has 0 atom stereocenters. The van der Waals surface area contributed by atoms with Crippen LogP contribution >= 0.6 is 0 Å². The molecule has 0 unspecified atom stereocenters. The number of carbonyl (C=O) groups is 3. The minimum atomic E-state index is -1.15. The molecule has 1 heterocycles. The van der Waals surface area contributed by atoms with Crippen molar-refractivity contribution in [3.8, 4) is 5.75 Å². The minimum absolute atomic E-state index is 0.0540. The van der Waals surface area contributed by atoms with E-state index in [0.717, 1.165) is 6.20 Å². The average Bonchev–Trinajstić information content (AvgIpc) is 2.37. The van der Waals surface area contributed by atoms with Crippen molar-refractivity contribution < 1.29 is 24.2 Å². The second kappa shape index (κ2) is 6.94. The fraction of sp³-hybridized carbons (Fsp3) is 0.273. The van der Waals surface area contributed by atoms with Crippen LogP contribution in [0.1, 0.15) is 17.3 Å². The van der Waals surface area contributed by atoms with Crippen LogP contribution in [0.3, 0.4) is 0 Å². The molecule has 0 bridgehead atoms. The number of ether oxygens (including phenoxy) is 1. The van der Waals surface area contributed by atoms with E-state index in [-0.39, 0.29) is 11.3 Å². The Labute approximate surface area is 108 Å². The van der Waals surface area contributed by atoms with E-state index in [1.54, 1.807) is 6.92 Å². The maximum Gasteiger partial charge on any atom is 0.337 e. The SMILES string of the molecule is CCNC(=O)NC(=O)COc1cncc(C(=O)O)c1. The summed E-state index contributed by atoms with van der Waals surface area (Å²) in [7, 11) is 0. The molecule has 8 heteroatoms. The first-order valence-corrected chi connectivity index (χ1v) is 5.41. The van der Waals surface area contributed by atoms with Gasteiger partial charge in [-0.05, 0) is 13.0 Å². The zero-order chi connectivity index (χ0) is 14.3. The van der Waals surface area contributed by atoms with E-state index in [9.17, 15) is 14.4 Å². The predicted octanol–water partition coefficient (Wildman–Crippen LogP) is 0.00430. The Morgan fingerprint density at radius 1 is 1.37 bits per heavy atom. The van der Waals surface area contributed by atoms with Crippen molar-refractivity contribution in [2.45, 2.75) is 6.92 Å². The molecule has 0 aliphatic carbocycles. The standard InChI is InChI=1S/C11H13N3O5/c1-2-13-11(18)14-9(15)6-19-8-3-7(10(16)17)4-12-5-8/h3-5H,2,6H2,1H3,(H,16,17)(H2,13,14,15,18). The Kier molecular flexibility index (Phi) is 5.27. The molecule has 0 saturated heterocycles. The summed E-state index contributed by atoms with van der Waals surface area (Å²) in [6.07, 6.45) is 2.43. The molecule has 0 aromatic carbocycles. The fourth-order valence-corrected chi connectivity index (χ4v) is 1.13. The van der Waals surface area contributed by atoms with Gasteiger partial charge in [0.05, 0.1) is 11.8 Å². The van der Waals surface area contributed by atoms with E-state index < -0.39 is 24.5 Å². The number of carboxylic acids is 1. The Bertz CT molecular complexity index is 489. The molecule has 3 N–H and O–H groups in total. The van der Waals surface area contributed by atoms with Crippen LogP contribution in [-0.4, -0.2) is 41.1 Å². The minimum Gasteiger partial charge on any atom is -0.482 e. The van der Waals surface area contributed by atoms with Gasteiger partial charge in [0.2, 0.25) is 0 Å². The lowest BCUT2D eigenvalue weighted by molar-refractivity contribution is -0.122. The third kappa shape index (κ3) is 5.02. The second-order valence-electron chi connectivity index (χ2n) is 3.41. The molecule has 0 aliphatic rings. The van der Waals surface area contributed by atoms with Crippen LogP contribution in [0.25, 0.3) is 0 Å². The maximum atomic E-state index is 11.3. The third-order valence-corrected chi connectivity index (χ3v) is 1.92. The van der Waals surface area contributed by atoms with Crippen molar-refractivity contribution >= 4 is 17.9 Å². The molecular weight excluding hydrogens is 254 g/mol. The van der Waals surface area contributed by atoms with Crippen LogP contribution in [0.2, 0.25) is 0 Å². The van der Waals surface area contributed by atoms with Gasteiger partial charge in [0.15, 0.2) is 6.61 Å². The van der Waals surface area contributed by atoms with E-state index in [4.69, 9.17) is 9.84 Å². The highest BCUT2D eigenvalue weighted by molar-refractivity contribution is 5.95. The smallest absolute Gasteiger partial charge is 0.337 e. The summed E-state index contributed by atoms with van der Waals surface area (Å²) < 4.78 is 5.02. The van der Waals surface area contributed by atoms with Crippen LogP contribution in [-0.2, 0) is 4.79 Å². The lowest BCUT2D eigenvalue weighted by atomic mass is 10.3. The zero-order valence-corrected chi connectivity index (χ0v) is 10.2. The first-order valence-electron chi connectivity index (χ1n) is 5.41. The summed E-state index contributed by atoms with van der Waals surface area (Å²) in [5, 5.41) is 13.2. The monoisotopic (exact) mass is 267 g/mol. The van der Waals surface area contributed by atoms with Crippen LogP contribution in [0.5, 0.6) is 5.75 Å². The zero-order valence-electron chi connectivity index (χ0n) is 10.2. The highest BCUT2D eigenvalue weighted by Gasteiger charge is 2.09. The number of urea groups is 1. The number of imide groups is 1. The summed E-state index contributed by atoms with van der Waals surface area (Å²) in [6.45, 7) is 1.69. The first kappa shape index (κ1) is 14.4. The van der Waals surface area contributed by atoms with Crippen molar-refractivity contribution in [3.05, 3.63) is 24.0 Å². The van der Waals surface area contributed by atoms with E-state index in [0.29, 0.717) is 6.54 Å². The Hall–Kier alpha value is -2.64.